The smallest absolute Gasteiger partial charge is 0.149 e. The van der Waals surface area contributed by atoms with Gasteiger partial charge in [0.15, 0.2) is 0 Å². The third kappa shape index (κ3) is 6.41. The van der Waals surface area contributed by atoms with E-state index >= 15 is 0 Å². The number of nitrogens with one attached hydrogen (secondary N) is 2. The quantitative estimate of drug-likeness (QED) is 0.588. The highest BCUT2D eigenvalue weighted by molar-refractivity contribution is 7.84. The minimum atomic E-state index is -1.20. The molecule has 27 heavy (non-hydrogen) atoms. The summed E-state index contributed by atoms with van der Waals surface area (Å²) in [7, 11) is -1.20. The molecule has 5 nitrogen and oxygen atoms in total. The Morgan fingerprint density at radius 2 is 2.04 bits per heavy atom. The SMILES string of the molecule is C=CCC[C@@H](N[S@](=O)C(C)(C)C)c1cnc(Nc2ccc(C)nc2)c(Cl)c1. The average Bonchev–Trinajstić information content (AvgIpc) is 2.61. The molecule has 2 atom stereocenters. The molecule has 2 aromatic rings. The van der Waals surface area contributed by atoms with Crippen LogP contribution in [0.3, 0.4) is 0 Å². The van der Waals surface area contributed by atoms with E-state index in [1.165, 1.54) is 0 Å². The molecule has 2 rings (SSSR count). The fourth-order valence-corrected chi connectivity index (χ4v) is 3.39. The number of hydrogen-bond donors (Lipinski definition) is 2. The van der Waals surface area contributed by atoms with Crippen LogP contribution >= 0.6 is 11.6 Å². The Bertz CT molecular complexity index is 803. The van der Waals surface area contributed by atoms with Crippen LogP contribution in [-0.4, -0.2) is 18.9 Å². The monoisotopic (exact) mass is 406 g/mol. The second kappa shape index (κ2) is 9.44. The van der Waals surface area contributed by atoms with Gasteiger partial charge in [-0.3, -0.25) is 4.98 Å². The second-order valence-electron chi connectivity index (χ2n) is 7.33. The molecule has 0 fully saturated rings. The van der Waals surface area contributed by atoms with Gasteiger partial charge in [0.1, 0.15) is 5.82 Å². The molecule has 0 aliphatic heterocycles. The highest BCUT2D eigenvalue weighted by Crippen LogP contribution is 2.28. The Kier molecular flexibility index (Phi) is 7.53. The Labute approximate surface area is 169 Å². The first-order valence-electron chi connectivity index (χ1n) is 8.84. The van der Waals surface area contributed by atoms with Crippen molar-refractivity contribution in [2.45, 2.75) is 51.3 Å². The number of nitrogens with zero attached hydrogens (tertiary/aromatic N) is 2. The molecule has 0 spiro atoms. The van der Waals surface area contributed by atoms with Crippen LogP contribution in [0, 0.1) is 6.92 Å². The van der Waals surface area contributed by atoms with Crippen LogP contribution in [0.4, 0.5) is 11.5 Å². The van der Waals surface area contributed by atoms with Gasteiger partial charge in [0.2, 0.25) is 0 Å². The molecule has 0 saturated carbocycles. The van der Waals surface area contributed by atoms with Crippen molar-refractivity contribution in [3.05, 3.63) is 59.5 Å². The van der Waals surface area contributed by atoms with Crippen molar-refractivity contribution in [1.29, 1.82) is 0 Å². The van der Waals surface area contributed by atoms with Crippen LogP contribution in [0.15, 0.2) is 43.2 Å². The van der Waals surface area contributed by atoms with Crippen molar-refractivity contribution in [3.8, 4) is 0 Å². The van der Waals surface area contributed by atoms with Crippen molar-refractivity contribution in [1.82, 2.24) is 14.7 Å². The number of pyridine rings is 2. The lowest BCUT2D eigenvalue weighted by Gasteiger charge is -2.24. The molecule has 2 aromatic heterocycles. The summed E-state index contributed by atoms with van der Waals surface area (Å²) in [5, 5.41) is 3.67. The molecule has 0 aliphatic carbocycles. The summed E-state index contributed by atoms with van der Waals surface area (Å²) >= 11 is 6.45. The molecule has 0 saturated heterocycles. The zero-order chi connectivity index (χ0) is 20.0. The van der Waals surface area contributed by atoms with E-state index in [0.717, 1.165) is 29.8 Å². The highest BCUT2D eigenvalue weighted by Gasteiger charge is 2.24. The van der Waals surface area contributed by atoms with E-state index in [0.29, 0.717) is 10.8 Å². The van der Waals surface area contributed by atoms with Crippen LogP contribution in [-0.2, 0) is 11.0 Å². The van der Waals surface area contributed by atoms with Gasteiger partial charge in [-0.15, -0.1) is 6.58 Å². The first-order valence-corrected chi connectivity index (χ1v) is 10.4. The Morgan fingerprint density at radius 1 is 1.30 bits per heavy atom. The predicted molar refractivity (Wildman–Crippen MR) is 115 cm³/mol. The Morgan fingerprint density at radius 3 is 2.59 bits per heavy atom. The summed E-state index contributed by atoms with van der Waals surface area (Å²) in [4.78, 5) is 8.71. The maximum absolute atomic E-state index is 12.5. The van der Waals surface area contributed by atoms with E-state index in [1.807, 2.05) is 52.0 Å². The van der Waals surface area contributed by atoms with Gasteiger partial charge in [-0.05, 0) is 64.3 Å². The van der Waals surface area contributed by atoms with Crippen LogP contribution in [0.25, 0.3) is 0 Å². The first-order chi connectivity index (χ1) is 12.7. The summed E-state index contributed by atoms with van der Waals surface area (Å²) < 4.78 is 15.4. The minimum Gasteiger partial charge on any atom is -0.338 e. The zero-order valence-corrected chi connectivity index (χ0v) is 17.8. The molecule has 0 aromatic carbocycles. The predicted octanol–water partition coefficient (Wildman–Crippen LogP) is 5.24. The molecule has 7 heteroatoms. The number of anilines is 2. The largest absolute Gasteiger partial charge is 0.338 e. The average molecular weight is 407 g/mol. The topological polar surface area (TPSA) is 66.9 Å². The third-order valence-corrected chi connectivity index (χ3v) is 5.80. The molecular weight excluding hydrogens is 380 g/mol. The van der Waals surface area contributed by atoms with Crippen LogP contribution < -0.4 is 10.0 Å². The van der Waals surface area contributed by atoms with Crippen molar-refractivity contribution in [2.24, 2.45) is 0 Å². The fraction of sp³-hybridized carbons (Fsp3) is 0.400. The number of allylic oxidation sites excluding steroid dienone is 1. The van der Waals surface area contributed by atoms with Crippen molar-refractivity contribution in [2.75, 3.05) is 5.32 Å². The Balaban J connectivity index is 2.21. The van der Waals surface area contributed by atoms with Crippen LogP contribution in [0.1, 0.15) is 50.9 Å². The van der Waals surface area contributed by atoms with Gasteiger partial charge >= 0.3 is 0 Å². The zero-order valence-electron chi connectivity index (χ0n) is 16.3. The van der Waals surface area contributed by atoms with Crippen LogP contribution in [0.5, 0.6) is 0 Å². The summed E-state index contributed by atoms with van der Waals surface area (Å²) in [6, 6.07) is 5.58. The summed E-state index contributed by atoms with van der Waals surface area (Å²) in [6.07, 6.45) is 6.91. The maximum atomic E-state index is 12.5. The van der Waals surface area contributed by atoms with E-state index < -0.39 is 11.0 Å². The lowest BCUT2D eigenvalue weighted by molar-refractivity contribution is 0.574. The van der Waals surface area contributed by atoms with E-state index in [9.17, 15) is 4.21 Å². The van der Waals surface area contributed by atoms with Gasteiger partial charge in [0.05, 0.1) is 32.6 Å². The number of halogens is 1. The van der Waals surface area contributed by atoms with Gasteiger partial charge in [0.25, 0.3) is 0 Å². The van der Waals surface area contributed by atoms with E-state index in [1.54, 1.807) is 12.4 Å². The number of aromatic nitrogens is 2. The van der Waals surface area contributed by atoms with Gasteiger partial charge in [0, 0.05) is 17.9 Å². The number of hydrogen-bond acceptors (Lipinski definition) is 4. The lowest BCUT2D eigenvalue weighted by Crippen LogP contribution is -2.35. The van der Waals surface area contributed by atoms with Gasteiger partial charge in [-0.2, -0.15) is 0 Å². The Hall–Kier alpha value is -1.76. The molecule has 0 radical (unpaired) electrons. The van der Waals surface area contributed by atoms with E-state index in [2.05, 4.69) is 26.6 Å². The van der Waals surface area contributed by atoms with Gasteiger partial charge in [-0.25, -0.2) is 13.9 Å². The van der Waals surface area contributed by atoms with Crippen molar-refractivity contribution < 1.29 is 4.21 Å². The van der Waals surface area contributed by atoms with E-state index in [-0.39, 0.29) is 10.8 Å². The molecule has 0 bridgehead atoms. The van der Waals surface area contributed by atoms with Gasteiger partial charge in [-0.1, -0.05) is 17.7 Å². The summed E-state index contributed by atoms with van der Waals surface area (Å²) in [5.41, 5.74) is 2.66. The maximum Gasteiger partial charge on any atom is 0.149 e. The van der Waals surface area contributed by atoms with Gasteiger partial charge < -0.3 is 5.32 Å². The summed E-state index contributed by atoms with van der Waals surface area (Å²) in [6.45, 7) is 11.5. The fourth-order valence-electron chi connectivity index (χ4n) is 2.30. The number of rotatable bonds is 8. The standard InChI is InChI=1S/C20H27ClN4OS/c1-6-7-8-18(25-27(26)20(3,4)5)15-11-17(21)19(23-12-15)24-16-10-9-14(2)22-13-16/h6,9-13,18,25H,1,7-8H2,2-5H3,(H,23,24)/t18-,27-/m1/s1. The molecule has 0 aliphatic rings. The molecule has 2 heterocycles. The van der Waals surface area contributed by atoms with E-state index in [4.69, 9.17) is 11.6 Å². The third-order valence-electron chi connectivity index (χ3n) is 3.90. The molecule has 146 valence electrons. The van der Waals surface area contributed by atoms with Crippen molar-refractivity contribution in [3.63, 3.8) is 0 Å². The van der Waals surface area contributed by atoms with Crippen LogP contribution in [0.2, 0.25) is 5.02 Å². The number of aryl methyl sites for hydroxylation is 1. The highest BCUT2D eigenvalue weighted by atomic mass is 35.5. The first kappa shape index (κ1) is 21.5. The molecular formula is C20H27ClN4OS. The molecule has 2 N–H and O–H groups in total. The second-order valence-corrected chi connectivity index (χ2v) is 9.74. The molecule has 0 amide bonds. The lowest BCUT2D eigenvalue weighted by atomic mass is 10.1. The molecule has 0 unspecified atom stereocenters. The normalized spacial score (nSPS) is 13.8. The summed E-state index contributed by atoms with van der Waals surface area (Å²) in [5.74, 6) is 0.561. The van der Waals surface area contributed by atoms with Crippen molar-refractivity contribution >= 4 is 34.1 Å². The minimum absolute atomic E-state index is 0.122.